The van der Waals surface area contributed by atoms with E-state index in [1.54, 1.807) is 0 Å². The maximum absolute atomic E-state index is 8.88. The predicted octanol–water partition coefficient (Wildman–Crippen LogP) is -1.61. The number of hydrogen-bond donors (Lipinski definition) is 4. The zero-order chi connectivity index (χ0) is 7.21. The molecule has 0 aliphatic carbocycles. The predicted molar refractivity (Wildman–Crippen MR) is 17.2 cm³/mol. The van der Waals surface area contributed by atoms with E-state index in [2.05, 4.69) is 0 Å². The average Bonchev–Trinajstić information content (AvgIpc) is 1.27. The van der Waals surface area contributed by atoms with E-state index in [1.807, 2.05) is 0 Å². The normalized spacial score (nSPS) is 9.00. The van der Waals surface area contributed by atoms with Gasteiger partial charge in [-0.15, -0.1) is 0 Å². The van der Waals surface area contributed by atoms with Crippen LogP contribution in [0.15, 0.2) is 0 Å². The molecule has 4 N–H and O–H groups in total. The molecular weight excluding hydrogens is 223 g/mol. The molecule has 6 nitrogen and oxygen atoms in total. The Kier molecular flexibility index (Phi) is 8.09. The Balaban J connectivity index is 0. The van der Waals surface area contributed by atoms with Crippen molar-refractivity contribution < 1.29 is 45.3 Å². The Hall–Kier alpha value is 0.558. The first-order chi connectivity index (χ1) is 3.41. The fourth-order valence-electron chi connectivity index (χ4n) is 0. The topological polar surface area (TPSA) is 115 Å². The van der Waals surface area contributed by atoms with Gasteiger partial charge in [0.15, 0.2) is 0 Å². The molecule has 0 spiro atoms. The summed E-state index contributed by atoms with van der Waals surface area (Å²) in [5.41, 5.74) is 0. The van der Waals surface area contributed by atoms with Crippen LogP contribution in [0.4, 0.5) is 0 Å². The van der Waals surface area contributed by atoms with Gasteiger partial charge in [0.1, 0.15) is 0 Å². The van der Waals surface area contributed by atoms with Gasteiger partial charge >= 0.3 is 33.9 Å². The standard InChI is InChI=1S/Mo.H3O4P.H2O.O/c;1-5(2,3)4;;/h;(H3,1,2,3,4);1H2;/q+1;;;/p-1. The fourth-order valence-corrected chi connectivity index (χ4v) is 0. The van der Waals surface area contributed by atoms with E-state index in [1.165, 1.54) is 0 Å². The van der Waals surface area contributed by atoms with Crippen molar-refractivity contribution in [1.82, 2.24) is 0 Å². The Bertz CT molecular complexity index is 82.4. The third kappa shape index (κ3) is 650. The van der Waals surface area contributed by atoms with Crippen molar-refractivity contribution in [3.8, 4) is 0 Å². The van der Waals surface area contributed by atoms with E-state index in [0.717, 1.165) is 0 Å². The van der Waals surface area contributed by atoms with Crippen molar-refractivity contribution in [3.63, 3.8) is 0 Å². The molecule has 0 aliphatic rings. The van der Waals surface area contributed by atoms with Crippen molar-refractivity contribution in [2.24, 2.45) is 0 Å². The summed E-state index contributed by atoms with van der Waals surface area (Å²) in [4.78, 5) is 21.6. The summed E-state index contributed by atoms with van der Waals surface area (Å²) in [5, 5.41) is 0. The first-order valence-electron chi connectivity index (χ1n) is 1.13. The molecule has 51 valence electrons. The Morgan fingerprint density at radius 3 is 1.25 bits per heavy atom. The third-order valence-corrected chi connectivity index (χ3v) is 0. The van der Waals surface area contributed by atoms with Gasteiger partial charge in [-0.1, -0.05) is 0 Å². The number of phosphoric acid groups is 1. The van der Waals surface area contributed by atoms with Crippen LogP contribution in [-0.4, -0.2) is 18.4 Å². The summed E-state index contributed by atoms with van der Waals surface area (Å²) in [6, 6.07) is 0. The first-order valence-corrected chi connectivity index (χ1v) is 4.41. The van der Waals surface area contributed by atoms with Gasteiger partial charge in [0.2, 0.25) is 0 Å². The summed E-state index contributed by atoms with van der Waals surface area (Å²) < 4.78 is 24.6. The van der Waals surface area contributed by atoms with Gasteiger partial charge in [-0.2, -0.15) is 0 Å². The summed E-state index contributed by atoms with van der Waals surface area (Å²) in [5.74, 6) is 0. The summed E-state index contributed by atoms with van der Waals surface area (Å²) in [6.07, 6.45) is 0. The molecule has 0 radical (unpaired) electrons. The minimum atomic E-state index is -4.64. The Morgan fingerprint density at radius 2 is 1.25 bits per heavy atom. The Morgan fingerprint density at radius 1 is 1.25 bits per heavy atom. The SMILES string of the molecule is O=P(O)(O)O.[O]=[Mo][OH]. The molecule has 0 unspecified atom stereocenters. The molecular formula is H4MoO6P. The van der Waals surface area contributed by atoms with E-state index in [-0.39, 0.29) is 0 Å². The molecule has 0 saturated heterocycles. The van der Waals surface area contributed by atoms with Gasteiger partial charge in [0.05, 0.1) is 0 Å². The summed E-state index contributed by atoms with van der Waals surface area (Å²) in [7, 11) is -4.64. The second kappa shape index (κ2) is 5.69. The van der Waals surface area contributed by atoms with Gasteiger partial charge in [0, 0.05) is 0 Å². The van der Waals surface area contributed by atoms with Crippen molar-refractivity contribution in [1.29, 1.82) is 0 Å². The van der Waals surface area contributed by atoms with Gasteiger partial charge in [-0.25, -0.2) is 4.57 Å². The number of rotatable bonds is 0. The van der Waals surface area contributed by atoms with E-state index < -0.39 is 26.7 Å². The summed E-state index contributed by atoms with van der Waals surface area (Å²) in [6.45, 7) is 0. The molecule has 0 aromatic carbocycles. The van der Waals surface area contributed by atoms with E-state index in [4.69, 9.17) is 26.4 Å². The van der Waals surface area contributed by atoms with Crippen LogP contribution >= 0.6 is 7.82 Å². The fraction of sp³-hybridized carbons (Fsp3) is 0. The van der Waals surface area contributed by atoms with E-state index in [0.29, 0.717) is 0 Å². The third-order valence-electron chi connectivity index (χ3n) is 0. The Labute approximate surface area is 53.7 Å². The molecule has 0 amide bonds. The molecule has 0 aliphatic heterocycles. The monoisotopic (exact) mass is 229 g/mol. The van der Waals surface area contributed by atoms with Crippen LogP contribution in [0.1, 0.15) is 0 Å². The second-order valence-electron chi connectivity index (χ2n) is 0.588. The number of hydrogen-bond acceptors (Lipinski definition) is 2. The van der Waals surface area contributed by atoms with Gasteiger partial charge in [0.25, 0.3) is 0 Å². The van der Waals surface area contributed by atoms with Crippen LogP contribution < -0.4 is 0 Å². The van der Waals surface area contributed by atoms with Crippen LogP contribution in [0.25, 0.3) is 0 Å². The second-order valence-corrected chi connectivity index (χ2v) is 1.98. The molecule has 0 rings (SSSR count). The molecule has 8 heavy (non-hydrogen) atoms. The van der Waals surface area contributed by atoms with Crippen molar-refractivity contribution in [2.45, 2.75) is 0 Å². The molecule has 0 atom stereocenters. The molecule has 8 heteroatoms. The summed E-state index contributed by atoms with van der Waals surface area (Å²) >= 11 is -1.78. The van der Waals surface area contributed by atoms with Gasteiger partial charge < -0.3 is 14.7 Å². The van der Waals surface area contributed by atoms with Gasteiger partial charge in [-0.05, 0) is 0 Å². The molecule has 0 bridgehead atoms. The quantitative estimate of drug-likeness (QED) is 0.292. The minimum absolute atomic E-state index is 1.78. The molecule has 0 aromatic heterocycles. The zero-order valence-electron chi connectivity index (χ0n) is 3.46. The molecule has 0 aromatic rings. The van der Waals surface area contributed by atoms with E-state index in [9.17, 15) is 0 Å². The van der Waals surface area contributed by atoms with Crippen LogP contribution in [0.5, 0.6) is 0 Å². The maximum atomic E-state index is 8.88. The van der Waals surface area contributed by atoms with Crippen LogP contribution in [0.3, 0.4) is 0 Å². The van der Waals surface area contributed by atoms with Crippen molar-refractivity contribution in [2.75, 3.05) is 0 Å². The van der Waals surface area contributed by atoms with Crippen LogP contribution in [0, 0.1) is 0 Å². The van der Waals surface area contributed by atoms with Crippen molar-refractivity contribution >= 4 is 7.82 Å². The first kappa shape index (κ1) is 11.4. The van der Waals surface area contributed by atoms with Crippen LogP contribution in [-0.2, 0) is 26.9 Å². The molecule has 0 fully saturated rings. The molecule has 0 saturated carbocycles. The van der Waals surface area contributed by atoms with E-state index >= 15 is 0 Å². The zero-order valence-corrected chi connectivity index (χ0v) is 6.36. The van der Waals surface area contributed by atoms with Gasteiger partial charge in [-0.3, -0.25) is 0 Å². The van der Waals surface area contributed by atoms with Crippen molar-refractivity contribution in [3.05, 3.63) is 0 Å². The average molecular weight is 227 g/mol. The van der Waals surface area contributed by atoms with Crippen LogP contribution in [0.2, 0.25) is 0 Å². The molecule has 0 heterocycles.